The monoisotopic (exact) mass is 304 g/mol. The number of halogens is 2. The molecule has 0 saturated carbocycles. The zero-order valence-corrected chi connectivity index (χ0v) is 12.3. The zero-order chi connectivity index (χ0) is 12.1. The fourth-order valence-corrected chi connectivity index (χ4v) is 1.90. The van der Waals surface area contributed by atoms with Crippen LogP contribution in [0.5, 0.6) is 0 Å². The largest absolute Gasteiger partial charge is 0.354 e. The Morgan fingerprint density at radius 2 is 2.12 bits per heavy atom. The second-order valence-corrected chi connectivity index (χ2v) is 5.30. The SMILES string of the molecule is Cc1nc(N(CCCCl)C(C)C)ccc1Br. The molecule has 0 spiro atoms. The van der Waals surface area contributed by atoms with Crippen LogP contribution < -0.4 is 4.90 Å². The summed E-state index contributed by atoms with van der Waals surface area (Å²) in [6, 6.07) is 4.54. The Labute approximate surface area is 111 Å². The minimum Gasteiger partial charge on any atom is -0.354 e. The molecule has 1 rings (SSSR count). The van der Waals surface area contributed by atoms with Crippen molar-refractivity contribution in [3.63, 3.8) is 0 Å². The maximum Gasteiger partial charge on any atom is 0.129 e. The van der Waals surface area contributed by atoms with Crippen molar-refractivity contribution in [2.45, 2.75) is 33.2 Å². The van der Waals surface area contributed by atoms with Gasteiger partial charge in [-0.15, -0.1) is 11.6 Å². The minimum absolute atomic E-state index is 0.441. The van der Waals surface area contributed by atoms with Crippen LogP contribution >= 0.6 is 27.5 Å². The van der Waals surface area contributed by atoms with E-state index in [-0.39, 0.29) is 0 Å². The molecule has 0 aliphatic rings. The van der Waals surface area contributed by atoms with Crippen LogP contribution in [-0.4, -0.2) is 23.5 Å². The van der Waals surface area contributed by atoms with E-state index in [1.54, 1.807) is 0 Å². The smallest absolute Gasteiger partial charge is 0.129 e. The average molecular weight is 306 g/mol. The molecule has 90 valence electrons. The van der Waals surface area contributed by atoms with Gasteiger partial charge in [-0.3, -0.25) is 0 Å². The maximum atomic E-state index is 5.74. The van der Waals surface area contributed by atoms with E-state index in [1.165, 1.54) is 0 Å². The number of hydrogen-bond acceptors (Lipinski definition) is 2. The molecule has 0 unspecified atom stereocenters. The van der Waals surface area contributed by atoms with Gasteiger partial charge in [0.05, 0.1) is 5.69 Å². The van der Waals surface area contributed by atoms with Crippen LogP contribution in [0.15, 0.2) is 16.6 Å². The first-order valence-corrected chi connectivity index (χ1v) is 6.84. The van der Waals surface area contributed by atoms with Gasteiger partial charge in [-0.1, -0.05) is 0 Å². The lowest BCUT2D eigenvalue weighted by Crippen LogP contribution is -2.32. The highest BCUT2D eigenvalue weighted by Crippen LogP contribution is 2.20. The van der Waals surface area contributed by atoms with Gasteiger partial charge in [0.1, 0.15) is 5.82 Å². The molecule has 0 amide bonds. The molecular weight excluding hydrogens is 288 g/mol. The number of aryl methyl sites for hydroxylation is 1. The highest BCUT2D eigenvalue weighted by molar-refractivity contribution is 9.10. The lowest BCUT2D eigenvalue weighted by Gasteiger charge is -2.28. The molecular formula is C12H18BrClN2. The highest BCUT2D eigenvalue weighted by Gasteiger charge is 2.12. The second kappa shape index (κ2) is 6.45. The molecule has 0 saturated heterocycles. The van der Waals surface area contributed by atoms with E-state index >= 15 is 0 Å². The normalized spacial score (nSPS) is 10.9. The third-order valence-corrected chi connectivity index (χ3v) is 3.56. The van der Waals surface area contributed by atoms with Crippen molar-refractivity contribution >= 4 is 33.3 Å². The Hall–Kier alpha value is -0.280. The Morgan fingerprint density at radius 3 is 2.62 bits per heavy atom. The first-order chi connectivity index (χ1) is 7.56. The van der Waals surface area contributed by atoms with Gasteiger partial charge < -0.3 is 4.90 Å². The standard InChI is InChI=1S/C12H18BrClN2/c1-9(2)16(8-4-7-14)12-6-5-11(13)10(3)15-12/h5-6,9H,4,7-8H2,1-3H3. The van der Waals surface area contributed by atoms with Gasteiger partial charge in [0, 0.05) is 22.9 Å². The average Bonchev–Trinajstić information content (AvgIpc) is 2.23. The number of nitrogens with zero attached hydrogens (tertiary/aromatic N) is 2. The molecule has 2 nitrogen and oxygen atoms in total. The number of hydrogen-bond donors (Lipinski definition) is 0. The van der Waals surface area contributed by atoms with Gasteiger partial charge in [-0.2, -0.15) is 0 Å². The van der Waals surface area contributed by atoms with E-state index in [4.69, 9.17) is 11.6 Å². The second-order valence-electron chi connectivity index (χ2n) is 4.07. The molecule has 0 radical (unpaired) electrons. The van der Waals surface area contributed by atoms with Gasteiger partial charge in [-0.05, 0) is 55.3 Å². The first-order valence-electron chi connectivity index (χ1n) is 5.52. The summed E-state index contributed by atoms with van der Waals surface area (Å²) in [6.07, 6.45) is 0.983. The van der Waals surface area contributed by atoms with Gasteiger partial charge in [-0.25, -0.2) is 4.98 Å². The Bertz CT molecular complexity index is 342. The number of pyridine rings is 1. The molecule has 4 heteroatoms. The summed E-state index contributed by atoms with van der Waals surface area (Å²) in [5, 5.41) is 0. The van der Waals surface area contributed by atoms with Crippen LogP contribution in [0.25, 0.3) is 0 Å². The summed E-state index contributed by atoms with van der Waals surface area (Å²) in [5.74, 6) is 1.72. The predicted octanol–water partition coefficient (Wildman–Crippen LogP) is 4.00. The van der Waals surface area contributed by atoms with Crippen LogP contribution in [0.3, 0.4) is 0 Å². The number of aromatic nitrogens is 1. The third-order valence-electron chi connectivity index (χ3n) is 2.46. The van der Waals surface area contributed by atoms with E-state index in [0.29, 0.717) is 11.9 Å². The molecule has 0 N–H and O–H groups in total. The molecule has 0 aliphatic carbocycles. The van der Waals surface area contributed by atoms with Crippen LogP contribution in [0.2, 0.25) is 0 Å². The quantitative estimate of drug-likeness (QED) is 0.765. The topological polar surface area (TPSA) is 16.1 Å². The summed E-state index contributed by atoms with van der Waals surface area (Å²) < 4.78 is 1.05. The van der Waals surface area contributed by atoms with E-state index in [1.807, 2.05) is 19.1 Å². The van der Waals surface area contributed by atoms with Crippen LogP contribution in [-0.2, 0) is 0 Å². The van der Waals surface area contributed by atoms with E-state index in [2.05, 4.69) is 39.7 Å². The summed E-state index contributed by atoms with van der Waals surface area (Å²) in [7, 11) is 0. The Balaban J connectivity index is 2.88. The Kier molecular flexibility index (Phi) is 5.56. The van der Waals surface area contributed by atoms with Crippen molar-refractivity contribution in [3.8, 4) is 0 Å². The molecule has 0 aromatic carbocycles. The third kappa shape index (κ3) is 3.63. The van der Waals surface area contributed by atoms with Gasteiger partial charge in [0.2, 0.25) is 0 Å². The minimum atomic E-state index is 0.441. The van der Waals surface area contributed by atoms with Gasteiger partial charge in [0.25, 0.3) is 0 Å². The van der Waals surface area contributed by atoms with E-state index in [0.717, 1.165) is 29.0 Å². The van der Waals surface area contributed by atoms with Crippen molar-refractivity contribution in [2.24, 2.45) is 0 Å². The van der Waals surface area contributed by atoms with Crippen molar-refractivity contribution < 1.29 is 0 Å². The Morgan fingerprint density at radius 1 is 1.44 bits per heavy atom. The summed E-state index contributed by atoms with van der Waals surface area (Å²) in [6.45, 7) is 7.31. The summed E-state index contributed by atoms with van der Waals surface area (Å²) in [5.41, 5.74) is 1.02. The first kappa shape index (κ1) is 13.8. The van der Waals surface area contributed by atoms with Gasteiger partial charge >= 0.3 is 0 Å². The fraction of sp³-hybridized carbons (Fsp3) is 0.583. The summed E-state index contributed by atoms with van der Waals surface area (Å²) in [4.78, 5) is 6.86. The van der Waals surface area contributed by atoms with Crippen molar-refractivity contribution in [3.05, 3.63) is 22.3 Å². The highest BCUT2D eigenvalue weighted by atomic mass is 79.9. The molecule has 0 atom stereocenters. The van der Waals surface area contributed by atoms with Crippen LogP contribution in [0, 0.1) is 6.92 Å². The molecule has 0 bridgehead atoms. The van der Waals surface area contributed by atoms with Crippen molar-refractivity contribution in [1.29, 1.82) is 0 Å². The molecule has 1 aromatic heterocycles. The molecule has 0 aliphatic heterocycles. The zero-order valence-electron chi connectivity index (χ0n) is 10.0. The van der Waals surface area contributed by atoms with Crippen molar-refractivity contribution in [1.82, 2.24) is 4.98 Å². The van der Waals surface area contributed by atoms with E-state index in [9.17, 15) is 0 Å². The fourth-order valence-electron chi connectivity index (χ4n) is 1.56. The number of alkyl halides is 1. The lowest BCUT2D eigenvalue weighted by molar-refractivity contribution is 0.662. The van der Waals surface area contributed by atoms with Crippen LogP contribution in [0.4, 0.5) is 5.82 Å². The van der Waals surface area contributed by atoms with Crippen molar-refractivity contribution in [2.75, 3.05) is 17.3 Å². The van der Waals surface area contributed by atoms with Crippen LogP contribution in [0.1, 0.15) is 26.0 Å². The van der Waals surface area contributed by atoms with E-state index < -0.39 is 0 Å². The lowest BCUT2D eigenvalue weighted by atomic mass is 10.2. The predicted molar refractivity (Wildman–Crippen MR) is 74.5 cm³/mol. The molecule has 1 aromatic rings. The number of rotatable bonds is 5. The van der Waals surface area contributed by atoms with Gasteiger partial charge in [0.15, 0.2) is 0 Å². The molecule has 1 heterocycles. The maximum absolute atomic E-state index is 5.74. The molecule has 16 heavy (non-hydrogen) atoms. The number of anilines is 1. The molecule has 0 fully saturated rings. The summed E-state index contributed by atoms with van der Waals surface area (Å²) >= 11 is 9.21.